The first-order valence-electron chi connectivity index (χ1n) is 5.49. The van der Waals surface area contributed by atoms with Crippen molar-refractivity contribution in [2.75, 3.05) is 11.5 Å². The summed E-state index contributed by atoms with van der Waals surface area (Å²) in [6.45, 7) is 2.01. The van der Waals surface area contributed by atoms with Crippen molar-refractivity contribution in [1.82, 2.24) is 0 Å². The summed E-state index contributed by atoms with van der Waals surface area (Å²) in [5.74, 6) is 1.34. The lowest BCUT2D eigenvalue weighted by Gasteiger charge is -2.23. The van der Waals surface area contributed by atoms with E-state index in [0.29, 0.717) is 12.8 Å². The van der Waals surface area contributed by atoms with E-state index in [9.17, 15) is 8.42 Å². The molecule has 0 aromatic heterocycles. The highest BCUT2D eigenvalue weighted by Crippen LogP contribution is 2.20. The lowest BCUT2D eigenvalue weighted by atomic mass is 10.2. The second-order valence-electron chi connectivity index (χ2n) is 4.29. The molecule has 1 aliphatic heterocycles. The molecular weight excluding hydrogens is 224 g/mol. The Kier molecular flexibility index (Phi) is 3.19. The van der Waals surface area contributed by atoms with Crippen LogP contribution in [0.2, 0.25) is 0 Å². The van der Waals surface area contributed by atoms with Crippen molar-refractivity contribution in [3.05, 3.63) is 29.8 Å². The van der Waals surface area contributed by atoms with Gasteiger partial charge in [-0.3, -0.25) is 0 Å². The lowest BCUT2D eigenvalue weighted by Crippen LogP contribution is -2.30. The van der Waals surface area contributed by atoms with Crippen LogP contribution < -0.4 is 4.74 Å². The maximum absolute atomic E-state index is 11.2. The van der Waals surface area contributed by atoms with Gasteiger partial charge in [0.15, 0.2) is 9.84 Å². The second kappa shape index (κ2) is 4.45. The van der Waals surface area contributed by atoms with Crippen LogP contribution in [-0.4, -0.2) is 26.0 Å². The maximum Gasteiger partial charge on any atom is 0.150 e. The normalized spacial score (nSPS) is 20.6. The van der Waals surface area contributed by atoms with Gasteiger partial charge in [0.2, 0.25) is 0 Å². The average Bonchev–Trinajstić information content (AvgIpc) is 2.21. The molecular formula is C12H16O3S. The molecule has 1 heterocycles. The van der Waals surface area contributed by atoms with Crippen LogP contribution in [0.5, 0.6) is 5.75 Å². The number of hydrogen-bond acceptors (Lipinski definition) is 3. The third-order valence-electron chi connectivity index (χ3n) is 2.79. The van der Waals surface area contributed by atoms with Gasteiger partial charge in [-0.05, 0) is 37.5 Å². The first-order chi connectivity index (χ1) is 7.55. The predicted molar refractivity (Wildman–Crippen MR) is 63.5 cm³/mol. The van der Waals surface area contributed by atoms with Gasteiger partial charge in [-0.2, -0.15) is 0 Å². The molecule has 0 bridgehead atoms. The highest BCUT2D eigenvalue weighted by molar-refractivity contribution is 7.91. The van der Waals surface area contributed by atoms with Crippen molar-refractivity contribution in [3.8, 4) is 5.75 Å². The van der Waals surface area contributed by atoms with E-state index in [2.05, 4.69) is 0 Å². The summed E-state index contributed by atoms with van der Waals surface area (Å²) in [5, 5.41) is 0. The monoisotopic (exact) mass is 240 g/mol. The third-order valence-corrected chi connectivity index (χ3v) is 4.51. The van der Waals surface area contributed by atoms with E-state index in [0.717, 1.165) is 11.3 Å². The van der Waals surface area contributed by atoms with E-state index in [1.165, 1.54) is 0 Å². The fourth-order valence-corrected chi connectivity index (χ4v) is 3.32. The molecule has 88 valence electrons. The van der Waals surface area contributed by atoms with Crippen LogP contribution in [0, 0.1) is 6.92 Å². The molecule has 4 heteroatoms. The highest BCUT2D eigenvalue weighted by Gasteiger charge is 2.24. The van der Waals surface area contributed by atoms with Crippen LogP contribution in [0.4, 0.5) is 0 Å². The average molecular weight is 240 g/mol. The molecule has 0 saturated carbocycles. The van der Waals surface area contributed by atoms with Crippen LogP contribution in [0.15, 0.2) is 24.3 Å². The van der Waals surface area contributed by atoms with Crippen molar-refractivity contribution in [2.24, 2.45) is 0 Å². The summed E-state index contributed by atoms with van der Waals surface area (Å²) in [5.41, 5.74) is 1.15. The van der Waals surface area contributed by atoms with Crippen molar-refractivity contribution >= 4 is 9.84 Å². The lowest BCUT2D eigenvalue weighted by molar-refractivity contribution is 0.189. The molecule has 1 aliphatic rings. The van der Waals surface area contributed by atoms with Gasteiger partial charge in [0.25, 0.3) is 0 Å². The fraction of sp³-hybridized carbons (Fsp3) is 0.500. The quantitative estimate of drug-likeness (QED) is 0.793. The molecule has 0 amide bonds. The fourth-order valence-electron chi connectivity index (χ4n) is 1.87. The zero-order chi connectivity index (χ0) is 11.6. The van der Waals surface area contributed by atoms with Crippen LogP contribution in [0.1, 0.15) is 18.4 Å². The van der Waals surface area contributed by atoms with Crippen molar-refractivity contribution in [3.63, 3.8) is 0 Å². The number of rotatable bonds is 2. The number of benzene rings is 1. The summed E-state index contributed by atoms with van der Waals surface area (Å²) >= 11 is 0. The van der Waals surface area contributed by atoms with Gasteiger partial charge < -0.3 is 4.74 Å². The number of sulfone groups is 1. The largest absolute Gasteiger partial charge is 0.490 e. The summed E-state index contributed by atoms with van der Waals surface area (Å²) in [6.07, 6.45) is 1.26. The van der Waals surface area contributed by atoms with Crippen molar-refractivity contribution < 1.29 is 13.2 Å². The van der Waals surface area contributed by atoms with E-state index in [-0.39, 0.29) is 17.6 Å². The minimum Gasteiger partial charge on any atom is -0.490 e. The molecule has 0 spiro atoms. The molecule has 16 heavy (non-hydrogen) atoms. The van der Waals surface area contributed by atoms with Gasteiger partial charge in [-0.25, -0.2) is 8.42 Å². The SMILES string of the molecule is Cc1cccc(OC2CCS(=O)(=O)CC2)c1. The summed E-state index contributed by atoms with van der Waals surface area (Å²) < 4.78 is 28.3. The van der Waals surface area contributed by atoms with E-state index in [4.69, 9.17) is 4.74 Å². The van der Waals surface area contributed by atoms with Crippen molar-refractivity contribution in [2.45, 2.75) is 25.9 Å². The first kappa shape index (κ1) is 11.5. The molecule has 1 saturated heterocycles. The van der Waals surface area contributed by atoms with E-state index in [1.54, 1.807) is 0 Å². The maximum atomic E-state index is 11.2. The standard InChI is InChI=1S/C12H16O3S/c1-10-3-2-4-12(9-10)15-11-5-7-16(13,14)8-6-11/h2-4,9,11H,5-8H2,1H3. The molecule has 1 aromatic rings. The molecule has 3 nitrogen and oxygen atoms in total. The van der Waals surface area contributed by atoms with Gasteiger partial charge in [0, 0.05) is 0 Å². The second-order valence-corrected chi connectivity index (χ2v) is 6.59. The first-order valence-corrected chi connectivity index (χ1v) is 7.31. The van der Waals surface area contributed by atoms with Crippen LogP contribution in [0.25, 0.3) is 0 Å². The Labute approximate surface area is 96.4 Å². The number of ether oxygens (including phenoxy) is 1. The third kappa shape index (κ3) is 2.98. The Morgan fingerprint density at radius 1 is 1.25 bits per heavy atom. The Balaban J connectivity index is 1.97. The Bertz CT molecular complexity index is 451. The van der Waals surface area contributed by atoms with Gasteiger partial charge in [0.1, 0.15) is 11.9 Å². The molecule has 0 unspecified atom stereocenters. The molecule has 1 fully saturated rings. The summed E-state index contributed by atoms with van der Waals surface area (Å²) in [6, 6.07) is 7.85. The topological polar surface area (TPSA) is 43.4 Å². The van der Waals surface area contributed by atoms with E-state index >= 15 is 0 Å². The Morgan fingerprint density at radius 2 is 1.94 bits per heavy atom. The Hall–Kier alpha value is -1.03. The minimum atomic E-state index is -2.80. The molecule has 0 radical (unpaired) electrons. The van der Waals surface area contributed by atoms with Gasteiger partial charge in [-0.1, -0.05) is 12.1 Å². The smallest absolute Gasteiger partial charge is 0.150 e. The molecule has 1 aromatic carbocycles. The molecule has 0 N–H and O–H groups in total. The number of hydrogen-bond donors (Lipinski definition) is 0. The van der Waals surface area contributed by atoms with Gasteiger partial charge in [-0.15, -0.1) is 0 Å². The van der Waals surface area contributed by atoms with Gasteiger partial charge >= 0.3 is 0 Å². The van der Waals surface area contributed by atoms with Crippen LogP contribution in [0.3, 0.4) is 0 Å². The summed E-state index contributed by atoms with van der Waals surface area (Å²) in [7, 11) is -2.80. The van der Waals surface area contributed by atoms with Crippen LogP contribution >= 0.6 is 0 Å². The van der Waals surface area contributed by atoms with Crippen LogP contribution in [-0.2, 0) is 9.84 Å². The minimum absolute atomic E-state index is 0.0466. The van der Waals surface area contributed by atoms with Gasteiger partial charge in [0.05, 0.1) is 11.5 Å². The zero-order valence-corrected chi connectivity index (χ0v) is 10.2. The Morgan fingerprint density at radius 3 is 2.56 bits per heavy atom. The molecule has 0 atom stereocenters. The van der Waals surface area contributed by atoms with E-state index in [1.807, 2.05) is 31.2 Å². The zero-order valence-electron chi connectivity index (χ0n) is 9.35. The highest BCUT2D eigenvalue weighted by atomic mass is 32.2. The predicted octanol–water partition coefficient (Wildman–Crippen LogP) is 1.95. The summed E-state index contributed by atoms with van der Waals surface area (Å²) in [4.78, 5) is 0. The molecule has 2 rings (SSSR count). The van der Waals surface area contributed by atoms with Crippen molar-refractivity contribution in [1.29, 1.82) is 0 Å². The van der Waals surface area contributed by atoms with E-state index < -0.39 is 9.84 Å². The molecule has 0 aliphatic carbocycles. The number of aryl methyl sites for hydroxylation is 1.